The van der Waals surface area contributed by atoms with Crippen LogP contribution >= 0.6 is 46.8 Å². The summed E-state index contributed by atoms with van der Waals surface area (Å²) in [7, 11) is 1.41. The number of thiophene rings is 1. The molecule has 0 atom stereocenters. The van der Waals surface area contributed by atoms with Gasteiger partial charge >= 0.3 is 5.97 Å². The van der Waals surface area contributed by atoms with Crippen molar-refractivity contribution in [3.05, 3.63) is 61.2 Å². The highest BCUT2D eigenvalue weighted by Crippen LogP contribution is 2.38. The molecule has 0 saturated carbocycles. The number of carbonyl (C=O) groups is 1. The van der Waals surface area contributed by atoms with E-state index in [9.17, 15) is 4.79 Å². The Morgan fingerprint density at radius 1 is 1.18 bits per heavy atom. The van der Waals surface area contributed by atoms with Gasteiger partial charge in [0, 0.05) is 20.5 Å². The Bertz CT molecular complexity index is 1230. The van der Waals surface area contributed by atoms with Gasteiger partial charge in [-0.3, -0.25) is 4.68 Å². The molecule has 0 aliphatic heterocycles. The summed E-state index contributed by atoms with van der Waals surface area (Å²) in [5, 5.41) is 13.5. The predicted molar refractivity (Wildman–Crippen MR) is 144 cm³/mol. The first kappa shape index (κ1) is 25.0. The molecule has 10 heteroatoms. The second kappa shape index (κ2) is 10.6. The van der Waals surface area contributed by atoms with Crippen LogP contribution in [0.25, 0.3) is 0 Å². The molecule has 34 heavy (non-hydrogen) atoms. The quantitative estimate of drug-likeness (QED) is 0.213. The number of benzene rings is 1. The van der Waals surface area contributed by atoms with Gasteiger partial charge in [-0.2, -0.15) is 5.10 Å². The van der Waals surface area contributed by atoms with E-state index in [0.717, 1.165) is 58.9 Å². The molecule has 180 valence electrons. The summed E-state index contributed by atoms with van der Waals surface area (Å²) in [6.45, 7) is 4.32. The van der Waals surface area contributed by atoms with Crippen LogP contribution in [0.5, 0.6) is 0 Å². The molecule has 6 nitrogen and oxygen atoms in total. The fourth-order valence-corrected chi connectivity index (χ4v) is 6.33. The largest absolute Gasteiger partial charge is 0.465 e. The number of carbonyl (C=O) groups excluding carboxylic acids is 1. The van der Waals surface area contributed by atoms with Crippen LogP contribution < -0.4 is 10.6 Å². The molecule has 1 aliphatic carbocycles. The Kier molecular flexibility index (Phi) is 7.82. The van der Waals surface area contributed by atoms with Gasteiger partial charge in [-0.15, -0.1) is 11.3 Å². The van der Waals surface area contributed by atoms with Crippen molar-refractivity contribution in [1.82, 2.24) is 9.78 Å². The predicted octanol–water partition coefficient (Wildman–Crippen LogP) is 6.78. The average molecular weight is 538 g/mol. The van der Waals surface area contributed by atoms with Crippen LogP contribution in [0.2, 0.25) is 10.0 Å². The lowest BCUT2D eigenvalue weighted by Gasteiger charge is -2.12. The Labute approximate surface area is 218 Å². The van der Waals surface area contributed by atoms with Gasteiger partial charge in [0.25, 0.3) is 0 Å². The number of nitrogens with one attached hydrogen (secondary N) is 2. The van der Waals surface area contributed by atoms with Crippen LogP contribution in [0.15, 0.2) is 18.2 Å². The first-order valence-electron chi connectivity index (χ1n) is 11.1. The molecule has 1 aromatic carbocycles. The zero-order chi connectivity index (χ0) is 24.4. The fraction of sp³-hybridized carbons (Fsp3) is 0.375. The number of rotatable bonds is 5. The van der Waals surface area contributed by atoms with Crippen molar-refractivity contribution < 1.29 is 9.53 Å². The second-order valence-corrected chi connectivity index (χ2v) is 10.6. The van der Waals surface area contributed by atoms with E-state index in [1.807, 2.05) is 36.7 Å². The van der Waals surface area contributed by atoms with Crippen LogP contribution in [0.4, 0.5) is 10.7 Å². The number of methoxy groups -OCH3 is 1. The standard InChI is InChI=1S/C24H26Cl2N4O2S2/c1-13-21(14(2)30(29-13)12-16-17(25)9-7-10-18(16)26)27-24(33)28-22-20(23(31)32-3)15-8-5-4-6-11-19(15)34-22/h7,9-10H,4-6,8,11-12H2,1-3H3,(H2,27,28,33). The second-order valence-electron chi connectivity index (χ2n) is 8.24. The topological polar surface area (TPSA) is 68.2 Å². The van der Waals surface area contributed by atoms with Crippen molar-refractivity contribution >= 4 is 68.5 Å². The van der Waals surface area contributed by atoms with Gasteiger partial charge in [0.05, 0.1) is 36.3 Å². The molecular formula is C24H26Cl2N4O2S2. The van der Waals surface area contributed by atoms with Crippen molar-refractivity contribution in [2.45, 2.75) is 52.5 Å². The Balaban J connectivity index is 1.56. The molecule has 0 amide bonds. The number of aromatic nitrogens is 2. The number of fused-ring (bicyclic) bond motifs is 1. The molecule has 4 rings (SSSR count). The van der Waals surface area contributed by atoms with Crippen molar-refractivity contribution in [3.8, 4) is 0 Å². The number of aryl methyl sites for hydroxylation is 2. The minimum Gasteiger partial charge on any atom is -0.465 e. The zero-order valence-electron chi connectivity index (χ0n) is 19.3. The van der Waals surface area contributed by atoms with Crippen molar-refractivity contribution in [2.75, 3.05) is 17.7 Å². The third kappa shape index (κ3) is 5.10. The molecule has 3 aromatic rings. The summed E-state index contributed by atoms with van der Waals surface area (Å²) in [5.74, 6) is -0.332. The van der Waals surface area contributed by atoms with E-state index < -0.39 is 0 Å². The van der Waals surface area contributed by atoms with E-state index in [4.69, 9.17) is 40.2 Å². The van der Waals surface area contributed by atoms with Gasteiger partial charge in [0.2, 0.25) is 0 Å². The maximum atomic E-state index is 12.6. The van der Waals surface area contributed by atoms with Gasteiger partial charge in [0.15, 0.2) is 5.11 Å². The van der Waals surface area contributed by atoms with Crippen molar-refractivity contribution in [1.29, 1.82) is 0 Å². The number of thiocarbonyl (C=S) groups is 1. The van der Waals surface area contributed by atoms with E-state index in [1.54, 1.807) is 11.3 Å². The van der Waals surface area contributed by atoms with E-state index in [-0.39, 0.29) is 5.97 Å². The van der Waals surface area contributed by atoms with E-state index >= 15 is 0 Å². The molecule has 0 saturated heterocycles. The highest BCUT2D eigenvalue weighted by atomic mass is 35.5. The number of anilines is 2. The number of hydrogen-bond acceptors (Lipinski definition) is 5. The minimum absolute atomic E-state index is 0.332. The van der Waals surface area contributed by atoms with Gasteiger partial charge in [-0.25, -0.2) is 4.79 Å². The summed E-state index contributed by atoms with van der Waals surface area (Å²) >= 11 is 19.9. The highest BCUT2D eigenvalue weighted by Gasteiger charge is 2.26. The van der Waals surface area contributed by atoms with Crippen LogP contribution in [-0.2, 0) is 24.1 Å². The lowest BCUT2D eigenvalue weighted by Crippen LogP contribution is -2.21. The molecule has 0 unspecified atom stereocenters. The molecule has 2 heterocycles. The van der Waals surface area contributed by atoms with E-state index in [0.29, 0.717) is 27.3 Å². The lowest BCUT2D eigenvalue weighted by atomic mass is 10.1. The van der Waals surface area contributed by atoms with Crippen LogP contribution in [0.1, 0.15) is 57.0 Å². The van der Waals surface area contributed by atoms with Gasteiger partial charge in [-0.1, -0.05) is 35.7 Å². The molecule has 2 N–H and O–H groups in total. The molecule has 0 radical (unpaired) electrons. The average Bonchev–Trinajstić information content (AvgIpc) is 3.15. The van der Waals surface area contributed by atoms with Gasteiger partial charge < -0.3 is 15.4 Å². The third-order valence-electron chi connectivity index (χ3n) is 6.03. The first-order chi connectivity index (χ1) is 16.3. The molecule has 0 bridgehead atoms. The van der Waals surface area contributed by atoms with Crippen LogP contribution in [0.3, 0.4) is 0 Å². The first-order valence-corrected chi connectivity index (χ1v) is 13.1. The van der Waals surface area contributed by atoms with Crippen LogP contribution in [-0.4, -0.2) is 28.0 Å². The number of ether oxygens (including phenoxy) is 1. The maximum absolute atomic E-state index is 12.6. The van der Waals surface area contributed by atoms with Gasteiger partial charge in [-0.05, 0) is 69.4 Å². The summed E-state index contributed by atoms with van der Waals surface area (Å²) in [4.78, 5) is 13.8. The SMILES string of the molecule is COC(=O)c1c(NC(=S)Nc2c(C)nn(Cc3c(Cl)cccc3Cl)c2C)sc2c1CCCCC2. The molecule has 0 spiro atoms. The molecular weight excluding hydrogens is 511 g/mol. The summed E-state index contributed by atoms with van der Waals surface area (Å²) in [5.41, 5.74) is 5.00. The third-order valence-corrected chi connectivity index (χ3v) is 8.15. The molecule has 0 fully saturated rings. The van der Waals surface area contributed by atoms with E-state index in [2.05, 4.69) is 15.7 Å². The Morgan fingerprint density at radius 3 is 2.59 bits per heavy atom. The Morgan fingerprint density at radius 2 is 1.88 bits per heavy atom. The van der Waals surface area contributed by atoms with Gasteiger partial charge in [0.1, 0.15) is 5.00 Å². The summed E-state index contributed by atoms with van der Waals surface area (Å²) in [6, 6.07) is 5.45. The smallest absolute Gasteiger partial charge is 0.341 e. The number of hydrogen-bond donors (Lipinski definition) is 2. The number of halogens is 2. The highest BCUT2D eigenvalue weighted by molar-refractivity contribution is 7.80. The number of nitrogens with zero attached hydrogens (tertiary/aromatic N) is 2. The maximum Gasteiger partial charge on any atom is 0.341 e. The normalized spacial score (nSPS) is 13.2. The minimum atomic E-state index is -0.332. The Hall–Kier alpha value is -2.13. The molecule has 1 aliphatic rings. The zero-order valence-corrected chi connectivity index (χ0v) is 22.4. The van der Waals surface area contributed by atoms with Crippen LogP contribution in [0, 0.1) is 13.8 Å². The van der Waals surface area contributed by atoms with E-state index in [1.165, 1.54) is 18.4 Å². The van der Waals surface area contributed by atoms with Crippen molar-refractivity contribution in [2.24, 2.45) is 0 Å². The fourth-order valence-electron chi connectivity index (χ4n) is 4.26. The van der Waals surface area contributed by atoms with Crippen molar-refractivity contribution in [3.63, 3.8) is 0 Å². The summed E-state index contributed by atoms with van der Waals surface area (Å²) < 4.78 is 6.94. The summed E-state index contributed by atoms with van der Waals surface area (Å²) in [6.07, 6.45) is 5.23. The molecule has 2 aromatic heterocycles. The monoisotopic (exact) mass is 536 g/mol. The lowest BCUT2D eigenvalue weighted by molar-refractivity contribution is 0.0601. The number of esters is 1.